The van der Waals surface area contributed by atoms with E-state index in [0.717, 1.165) is 14.4 Å². The molecule has 0 bridgehead atoms. The molecular weight excluding hydrogens is 276 g/mol. The normalized spacial score (nSPS) is 10.5. The first-order valence-electron chi connectivity index (χ1n) is 4.44. The highest BCUT2D eigenvalue weighted by Gasteiger charge is 2.10. The molecule has 3 nitrogen and oxygen atoms in total. The van der Waals surface area contributed by atoms with Crippen molar-refractivity contribution in [3.05, 3.63) is 38.8 Å². The molecule has 2 rings (SSSR count). The topological polar surface area (TPSA) is 34.9 Å². The fourth-order valence-corrected chi connectivity index (χ4v) is 2.56. The fraction of sp³-hybridized carbons (Fsp3) is 0.200. The van der Waals surface area contributed by atoms with Crippen LogP contribution in [0.15, 0.2) is 28.2 Å². The summed E-state index contributed by atoms with van der Waals surface area (Å²) in [6.45, 7) is 2.25. The molecule has 2 aromatic rings. The summed E-state index contributed by atoms with van der Waals surface area (Å²) in [6.07, 6.45) is 1.70. The zero-order chi connectivity index (χ0) is 10.8. The third-order valence-corrected chi connectivity index (χ3v) is 3.74. The van der Waals surface area contributed by atoms with E-state index in [1.54, 1.807) is 10.9 Å². The van der Waals surface area contributed by atoms with Crippen molar-refractivity contribution in [2.45, 2.75) is 13.5 Å². The Bertz CT molecular complexity index is 489. The lowest BCUT2D eigenvalue weighted by Gasteiger charge is -2.01. The van der Waals surface area contributed by atoms with E-state index in [2.05, 4.69) is 21.0 Å². The van der Waals surface area contributed by atoms with Gasteiger partial charge in [0.15, 0.2) is 5.78 Å². The van der Waals surface area contributed by atoms with Crippen molar-refractivity contribution >= 4 is 33.0 Å². The van der Waals surface area contributed by atoms with E-state index in [4.69, 9.17) is 0 Å². The number of carbonyl (C=O) groups excluding carboxylic acids is 1. The number of aryl methyl sites for hydroxylation is 1. The monoisotopic (exact) mass is 284 g/mol. The highest BCUT2D eigenvalue weighted by atomic mass is 79.9. The van der Waals surface area contributed by atoms with Crippen LogP contribution in [0.2, 0.25) is 0 Å². The molecule has 0 atom stereocenters. The first kappa shape index (κ1) is 10.6. The number of hydrogen-bond donors (Lipinski definition) is 0. The maximum Gasteiger partial charge on any atom is 0.194 e. The van der Waals surface area contributed by atoms with Gasteiger partial charge in [-0.3, -0.25) is 9.48 Å². The minimum absolute atomic E-state index is 0.0949. The van der Waals surface area contributed by atoms with Gasteiger partial charge in [-0.05, 0) is 41.1 Å². The van der Waals surface area contributed by atoms with Crippen LogP contribution in [0, 0.1) is 6.92 Å². The molecule has 0 aliphatic carbocycles. The molecule has 0 fully saturated rings. The van der Waals surface area contributed by atoms with E-state index < -0.39 is 0 Å². The van der Waals surface area contributed by atoms with Gasteiger partial charge in [0.2, 0.25) is 0 Å². The third-order valence-electron chi connectivity index (χ3n) is 2.07. The van der Waals surface area contributed by atoms with Crippen LogP contribution in [0.1, 0.15) is 15.4 Å². The number of carbonyl (C=O) groups is 1. The quantitative estimate of drug-likeness (QED) is 0.813. The summed E-state index contributed by atoms with van der Waals surface area (Å²) in [6, 6.07) is 5.60. The number of halogens is 1. The highest BCUT2D eigenvalue weighted by molar-refractivity contribution is 9.11. The second-order valence-electron chi connectivity index (χ2n) is 3.16. The van der Waals surface area contributed by atoms with Crippen molar-refractivity contribution < 1.29 is 4.79 Å². The predicted octanol–water partition coefficient (Wildman–Crippen LogP) is 2.90. The molecule has 0 unspecified atom stereocenters. The summed E-state index contributed by atoms with van der Waals surface area (Å²) in [5.41, 5.74) is 0.999. The molecule has 2 aromatic heterocycles. The van der Waals surface area contributed by atoms with Crippen molar-refractivity contribution in [3.63, 3.8) is 0 Å². The molecule has 0 N–H and O–H groups in total. The molecule has 78 valence electrons. The third kappa shape index (κ3) is 2.35. The second kappa shape index (κ2) is 4.28. The number of ketones is 1. The molecule has 0 saturated heterocycles. The van der Waals surface area contributed by atoms with Gasteiger partial charge >= 0.3 is 0 Å². The van der Waals surface area contributed by atoms with Crippen molar-refractivity contribution in [2.75, 3.05) is 0 Å². The molecule has 5 heteroatoms. The minimum Gasteiger partial charge on any atom is -0.291 e. The Morgan fingerprint density at radius 2 is 2.33 bits per heavy atom. The van der Waals surface area contributed by atoms with E-state index >= 15 is 0 Å². The average Bonchev–Trinajstić information content (AvgIpc) is 2.77. The average molecular weight is 285 g/mol. The van der Waals surface area contributed by atoms with Crippen LogP contribution in [0.4, 0.5) is 0 Å². The van der Waals surface area contributed by atoms with Gasteiger partial charge in [0.25, 0.3) is 0 Å². The van der Waals surface area contributed by atoms with Crippen LogP contribution in [0.3, 0.4) is 0 Å². The van der Waals surface area contributed by atoms with Crippen LogP contribution in [-0.4, -0.2) is 15.6 Å². The smallest absolute Gasteiger partial charge is 0.194 e. The lowest BCUT2D eigenvalue weighted by atomic mass is 10.3. The molecule has 15 heavy (non-hydrogen) atoms. The second-order valence-corrected chi connectivity index (χ2v) is 5.62. The number of Topliss-reactive ketones (excluding diaryl/α,β-unsaturated/α-hetero) is 1. The number of rotatable bonds is 3. The minimum atomic E-state index is 0.0949. The number of hydrogen-bond acceptors (Lipinski definition) is 3. The molecule has 0 spiro atoms. The Kier molecular flexibility index (Phi) is 3.02. The molecular formula is C10H9BrN2OS. The number of aromatic nitrogens is 2. The largest absolute Gasteiger partial charge is 0.291 e. The van der Waals surface area contributed by atoms with Crippen LogP contribution in [0.5, 0.6) is 0 Å². The Labute approximate surface area is 99.9 Å². The van der Waals surface area contributed by atoms with Crippen molar-refractivity contribution in [2.24, 2.45) is 0 Å². The van der Waals surface area contributed by atoms with Gasteiger partial charge in [-0.25, -0.2) is 0 Å². The molecule has 0 saturated carbocycles. The van der Waals surface area contributed by atoms with Gasteiger partial charge < -0.3 is 0 Å². The fourth-order valence-electron chi connectivity index (χ4n) is 1.24. The summed E-state index contributed by atoms with van der Waals surface area (Å²) < 4.78 is 2.68. The summed E-state index contributed by atoms with van der Waals surface area (Å²) in [5, 5.41) is 4.08. The standard InChI is InChI=1S/C10H9BrN2OS/c1-7-4-5-12-13(7)6-8(14)9-2-3-10(11)15-9/h2-5H,6H2,1H3. The maximum atomic E-state index is 11.8. The Morgan fingerprint density at radius 1 is 1.53 bits per heavy atom. The molecule has 0 aliphatic heterocycles. The SMILES string of the molecule is Cc1ccnn1CC(=O)c1ccc(Br)s1. The summed E-state index contributed by atoms with van der Waals surface area (Å²) in [7, 11) is 0. The zero-order valence-electron chi connectivity index (χ0n) is 8.11. The lowest BCUT2D eigenvalue weighted by molar-refractivity contribution is 0.0971. The van der Waals surface area contributed by atoms with E-state index in [-0.39, 0.29) is 5.78 Å². The van der Waals surface area contributed by atoms with Crippen molar-refractivity contribution in [3.8, 4) is 0 Å². The Hall–Kier alpha value is -0.940. The van der Waals surface area contributed by atoms with Crippen molar-refractivity contribution in [1.29, 1.82) is 0 Å². The van der Waals surface area contributed by atoms with E-state index in [0.29, 0.717) is 6.54 Å². The van der Waals surface area contributed by atoms with Crippen LogP contribution in [0.25, 0.3) is 0 Å². The van der Waals surface area contributed by atoms with Gasteiger partial charge in [0.05, 0.1) is 8.66 Å². The van der Waals surface area contributed by atoms with Gasteiger partial charge in [-0.1, -0.05) is 0 Å². The maximum absolute atomic E-state index is 11.8. The molecule has 0 radical (unpaired) electrons. The first-order valence-corrected chi connectivity index (χ1v) is 6.05. The van der Waals surface area contributed by atoms with Gasteiger partial charge in [0.1, 0.15) is 6.54 Å². The Balaban J connectivity index is 2.14. The number of thiophene rings is 1. The Morgan fingerprint density at radius 3 is 2.87 bits per heavy atom. The molecule has 0 aliphatic rings. The van der Waals surface area contributed by atoms with E-state index in [9.17, 15) is 4.79 Å². The van der Waals surface area contributed by atoms with Gasteiger partial charge in [-0.2, -0.15) is 5.10 Å². The molecule has 2 heterocycles. The highest BCUT2D eigenvalue weighted by Crippen LogP contribution is 2.22. The van der Waals surface area contributed by atoms with Crippen LogP contribution < -0.4 is 0 Å². The van der Waals surface area contributed by atoms with Gasteiger partial charge in [-0.15, -0.1) is 11.3 Å². The molecule has 0 amide bonds. The van der Waals surface area contributed by atoms with Crippen LogP contribution >= 0.6 is 27.3 Å². The van der Waals surface area contributed by atoms with Crippen molar-refractivity contribution in [1.82, 2.24) is 9.78 Å². The summed E-state index contributed by atoms with van der Waals surface area (Å²) >= 11 is 4.79. The van der Waals surface area contributed by atoms with E-state index in [1.165, 1.54) is 11.3 Å². The molecule has 0 aromatic carbocycles. The van der Waals surface area contributed by atoms with Crippen LogP contribution in [-0.2, 0) is 6.54 Å². The summed E-state index contributed by atoms with van der Waals surface area (Å²) in [5.74, 6) is 0.0949. The first-order chi connectivity index (χ1) is 7.16. The summed E-state index contributed by atoms with van der Waals surface area (Å²) in [4.78, 5) is 12.6. The number of nitrogens with zero attached hydrogens (tertiary/aromatic N) is 2. The van der Waals surface area contributed by atoms with E-state index in [1.807, 2.05) is 25.1 Å². The zero-order valence-corrected chi connectivity index (χ0v) is 10.5. The lowest BCUT2D eigenvalue weighted by Crippen LogP contribution is -2.11. The van der Waals surface area contributed by atoms with Gasteiger partial charge in [0, 0.05) is 11.9 Å². The predicted molar refractivity (Wildman–Crippen MR) is 63.3 cm³/mol.